The van der Waals surface area contributed by atoms with Gasteiger partial charge in [-0.1, -0.05) is 13.8 Å². The highest BCUT2D eigenvalue weighted by Gasteiger charge is 2.18. The van der Waals surface area contributed by atoms with Crippen LogP contribution in [0.25, 0.3) is 0 Å². The average Bonchev–Trinajstić information content (AvgIpc) is 2.37. The summed E-state index contributed by atoms with van der Waals surface area (Å²) in [7, 11) is 1.52. The number of nitrogens with zero attached hydrogens (tertiary/aromatic N) is 1. The third kappa shape index (κ3) is 3.70. The lowest BCUT2D eigenvalue weighted by molar-refractivity contribution is 0.0921. The fourth-order valence-electron chi connectivity index (χ4n) is 1.73. The first kappa shape index (κ1) is 14.4. The van der Waals surface area contributed by atoms with Gasteiger partial charge in [-0.25, -0.2) is 0 Å². The second kappa shape index (κ2) is 6.96. The topological polar surface area (TPSA) is 77.2 Å². The Morgan fingerprint density at radius 3 is 2.83 bits per heavy atom. The normalized spacial score (nSPS) is 12.3. The van der Waals surface area contributed by atoms with Gasteiger partial charge >= 0.3 is 0 Å². The van der Waals surface area contributed by atoms with E-state index in [9.17, 15) is 4.79 Å². The number of carbonyl (C=O) groups excluding carboxylic acids is 1. The molecule has 0 aliphatic carbocycles. The van der Waals surface area contributed by atoms with Gasteiger partial charge in [-0.2, -0.15) is 0 Å². The summed E-state index contributed by atoms with van der Waals surface area (Å²) in [4.78, 5) is 16.1. The summed E-state index contributed by atoms with van der Waals surface area (Å²) in [6.45, 7) is 4.67. The molecule has 1 heterocycles. The Balaban J connectivity index is 2.80. The summed E-state index contributed by atoms with van der Waals surface area (Å²) in [6.07, 6.45) is 3.86. The summed E-state index contributed by atoms with van der Waals surface area (Å²) < 4.78 is 5.12. The van der Waals surface area contributed by atoms with E-state index >= 15 is 0 Å². The Bertz CT molecular complexity index is 394. The van der Waals surface area contributed by atoms with Crippen molar-refractivity contribution in [3.63, 3.8) is 0 Å². The lowest BCUT2D eigenvalue weighted by Crippen LogP contribution is -2.40. The van der Waals surface area contributed by atoms with Crippen molar-refractivity contribution in [1.82, 2.24) is 10.3 Å². The van der Waals surface area contributed by atoms with Crippen LogP contribution >= 0.6 is 0 Å². The van der Waals surface area contributed by atoms with Crippen LogP contribution < -0.4 is 15.8 Å². The number of ether oxygens (including phenoxy) is 1. The van der Waals surface area contributed by atoms with E-state index < -0.39 is 0 Å². The van der Waals surface area contributed by atoms with Crippen LogP contribution in [0.2, 0.25) is 0 Å². The van der Waals surface area contributed by atoms with Gasteiger partial charge in [-0.15, -0.1) is 0 Å². The number of carbonyl (C=O) groups is 1. The van der Waals surface area contributed by atoms with Crippen LogP contribution in [0.1, 0.15) is 30.6 Å². The monoisotopic (exact) mass is 251 g/mol. The average molecular weight is 251 g/mol. The largest absolute Gasteiger partial charge is 0.494 e. The Hall–Kier alpha value is -1.62. The van der Waals surface area contributed by atoms with E-state index in [1.54, 1.807) is 12.3 Å². The molecule has 1 unspecified atom stereocenters. The smallest absolute Gasteiger partial charge is 0.255 e. The quantitative estimate of drug-likeness (QED) is 0.796. The van der Waals surface area contributed by atoms with Crippen LogP contribution in [0.4, 0.5) is 0 Å². The van der Waals surface area contributed by atoms with E-state index in [2.05, 4.69) is 24.1 Å². The zero-order chi connectivity index (χ0) is 13.5. The molecule has 0 saturated carbocycles. The van der Waals surface area contributed by atoms with Crippen LogP contribution in [-0.2, 0) is 0 Å². The van der Waals surface area contributed by atoms with Crippen LogP contribution in [0.3, 0.4) is 0 Å². The van der Waals surface area contributed by atoms with Crippen LogP contribution in [0.15, 0.2) is 18.5 Å². The Morgan fingerprint density at radius 1 is 1.56 bits per heavy atom. The van der Waals surface area contributed by atoms with E-state index in [4.69, 9.17) is 10.5 Å². The standard InChI is InChI=1S/C13H21N3O2/c1-9(2)11(4-6-14)16-13(17)10-5-7-15-8-12(10)18-3/h5,7-9,11H,4,6,14H2,1-3H3,(H,16,17). The van der Waals surface area contributed by atoms with Gasteiger partial charge in [0.15, 0.2) is 0 Å². The minimum absolute atomic E-state index is 0.0698. The van der Waals surface area contributed by atoms with Crippen LogP contribution in [0.5, 0.6) is 5.75 Å². The maximum atomic E-state index is 12.2. The lowest BCUT2D eigenvalue weighted by Gasteiger charge is -2.22. The first-order valence-corrected chi connectivity index (χ1v) is 6.09. The van der Waals surface area contributed by atoms with Gasteiger partial charge in [-0.05, 0) is 24.9 Å². The van der Waals surface area contributed by atoms with Crippen molar-refractivity contribution in [3.05, 3.63) is 24.0 Å². The maximum absolute atomic E-state index is 12.2. The minimum atomic E-state index is -0.151. The summed E-state index contributed by atoms with van der Waals surface area (Å²) >= 11 is 0. The molecule has 1 aromatic heterocycles. The second-order valence-electron chi connectivity index (χ2n) is 4.48. The van der Waals surface area contributed by atoms with Crippen molar-refractivity contribution in [1.29, 1.82) is 0 Å². The number of aromatic nitrogens is 1. The molecule has 1 atom stereocenters. The van der Waals surface area contributed by atoms with Crippen molar-refractivity contribution in [3.8, 4) is 5.75 Å². The summed E-state index contributed by atoms with van der Waals surface area (Å²) in [5, 5.41) is 2.98. The molecule has 0 spiro atoms. The third-order valence-electron chi connectivity index (χ3n) is 2.85. The van der Waals surface area contributed by atoms with Gasteiger partial charge in [0.25, 0.3) is 5.91 Å². The number of methoxy groups -OCH3 is 1. The van der Waals surface area contributed by atoms with Gasteiger partial charge < -0.3 is 15.8 Å². The van der Waals surface area contributed by atoms with Gasteiger partial charge in [0.1, 0.15) is 5.75 Å². The fourth-order valence-corrected chi connectivity index (χ4v) is 1.73. The molecule has 0 aliphatic heterocycles. The number of amides is 1. The van der Waals surface area contributed by atoms with Crippen molar-refractivity contribution in [2.45, 2.75) is 26.3 Å². The Kier molecular flexibility index (Phi) is 5.58. The Morgan fingerprint density at radius 2 is 2.28 bits per heavy atom. The molecule has 1 amide bonds. The zero-order valence-corrected chi connectivity index (χ0v) is 11.1. The summed E-state index contributed by atoms with van der Waals surface area (Å²) in [5.41, 5.74) is 6.05. The molecule has 0 radical (unpaired) electrons. The van der Waals surface area contributed by atoms with Crippen molar-refractivity contribution in [2.24, 2.45) is 11.7 Å². The molecule has 0 aliphatic rings. The number of pyridine rings is 1. The van der Waals surface area contributed by atoms with E-state index in [0.29, 0.717) is 23.8 Å². The highest BCUT2D eigenvalue weighted by molar-refractivity contribution is 5.96. The van der Waals surface area contributed by atoms with Crippen molar-refractivity contribution in [2.75, 3.05) is 13.7 Å². The number of nitrogens with one attached hydrogen (secondary N) is 1. The molecular weight excluding hydrogens is 230 g/mol. The molecule has 5 heteroatoms. The summed E-state index contributed by atoms with van der Waals surface area (Å²) in [5.74, 6) is 0.664. The van der Waals surface area contributed by atoms with Gasteiger partial charge in [0.2, 0.25) is 0 Å². The highest BCUT2D eigenvalue weighted by Crippen LogP contribution is 2.16. The molecule has 1 rings (SSSR count). The molecule has 3 N–H and O–H groups in total. The fraction of sp³-hybridized carbons (Fsp3) is 0.538. The van der Waals surface area contributed by atoms with E-state index in [0.717, 1.165) is 6.42 Å². The van der Waals surface area contributed by atoms with Gasteiger partial charge in [0, 0.05) is 12.2 Å². The van der Waals surface area contributed by atoms with Crippen LogP contribution in [-0.4, -0.2) is 30.6 Å². The third-order valence-corrected chi connectivity index (χ3v) is 2.85. The molecule has 0 saturated heterocycles. The molecular formula is C13H21N3O2. The summed E-state index contributed by atoms with van der Waals surface area (Å²) in [6, 6.07) is 1.72. The molecule has 0 fully saturated rings. The number of hydrogen-bond donors (Lipinski definition) is 2. The SMILES string of the molecule is COc1cnccc1C(=O)NC(CCN)C(C)C. The molecule has 100 valence electrons. The Labute approximate surface area is 108 Å². The maximum Gasteiger partial charge on any atom is 0.255 e. The number of nitrogens with two attached hydrogens (primary N) is 1. The van der Waals surface area contributed by atoms with E-state index in [1.165, 1.54) is 13.3 Å². The molecule has 0 aromatic carbocycles. The first-order valence-electron chi connectivity index (χ1n) is 6.09. The first-order chi connectivity index (χ1) is 8.60. The number of hydrogen-bond acceptors (Lipinski definition) is 4. The highest BCUT2D eigenvalue weighted by atomic mass is 16.5. The van der Waals surface area contributed by atoms with E-state index in [-0.39, 0.29) is 11.9 Å². The van der Waals surface area contributed by atoms with Crippen LogP contribution in [0, 0.1) is 5.92 Å². The minimum Gasteiger partial charge on any atom is -0.494 e. The van der Waals surface area contributed by atoms with Crippen molar-refractivity contribution >= 4 is 5.91 Å². The molecule has 5 nitrogen and oxygen atoms in total. The zero-order valence-electron chi connectivity index (χ0n) is 11.1. The molecule has 1 aromatic rings. The second-order valence-corrected chi connectivity index (χ2v) is 4.48. The van der Waals surface area contributed by atoms with Crippen molar-refractivity contribution < 1.29 is 9.53 Å². The van der Waals surface area contributed by atoms with Gasteiger partial charge in [-0.3, -0.25) is 9.78 Å². The lowest BCUT2D eigenvalue weighted by atomic mass is 10.0. The predicted molar refractivity (Wildman–Crippen MR) is 70.6 cm³/mol. The predicted octanol–water partition coefficient (Wildman–Crippen LogP) is 1.19. The number of rotatable bonds is 6. The molecule has 18 heavy (non-hydrogen) atoms. The van der Waals surface area contributed by atoms with Gasteiger partial charge in [0.05, 0.1) is 18.9 Å². The van der Waals surface area contributed by atoms with E-state index in [1.807, 2.05) is 0 Å². The molecule has 0 bridgehead atoms.